The Balaban J connectivity index is 2.19. The fourth-order valence-electron chi connectivity index (χ4n) is 2.43. The summed E-state index contributed by atoms with van der Waals surface area (Å²) in [7, 11) is 0. The summed E-state index contributed by atoms with van der Waals surface area (Å²) < 4.78 is 0. The lowest BCUT2D eigenvalue weighted by atomic mass is 9.94. The summed E-state index contributed by atoms with van der Waals surface area (Å²) in [6.07, 6.45) is 2.64. The SMILES string of the molecule is CCCNc1cc(N2CCC(C)(O)CC2)nc(C(C)C)n1. The number of piperidine rings is 1. The quantitative estimate of drug-likeness (QED) is 0.874. The molecule has 0 bridgehead atoms. The number of rotatable bonds is 5. The third-order valence-corrected chi connectivity index (χ3v) is 3.97. The van der Waals surface area contributed by atoms with Crippen LogP contribution in [0.5, 0.6) is 0 Å². The third-order valence-electron chi connectivity index (χ3n) is 3.97. The smallest absolute Gasteiger partial charge is 0.135 e. The van der Waals surface area contributed by atoms with Crippen LogP contribution in [0.2, 0.25) is 0 Å². The van der Waals surface area contributed by atoms with Gasteiger partial charge in [0.15, 0.2) is 0 Å². The summed E-state index contributed by atoms with van der Waals surface area (Å²) in [5, 5.41) is 13.4. The molecule has 0 aromatic carbocycles. The van der Waals surface area contributed by atoms with Crippen molar-refractivity contribution >= 4 is 11.6 Å². The molecule has 1 saturated heterocycles. The van der Waals surface area contributed by atoms with Gasteiger partial charge in [-0.2, -0.15) is 0 Å². The van der Waals surface area contributed by atoms with Crippen molar-refractivity contribution in [3.05, 3.63) is 11.9 Å². The second kappa shape index (κ2) is 6.60. The highest BCUT2D eigenvalue weighted by Gasteiger charge is 2.28. The van der Waals surface area contributed by atoms with E-state index in [-0.39, 0.29) is 0 Å². The Kier molecular flexibility index (Phi) is 5.04. The van der Waals surface area contributed by atoms with Gasteiger partial charge in [-0.25, -0.2) is 9.97 Å². The molecule has 5 nitrogen and oxygen atoms in total. The zero-order valence-electron chi connectivity index (χ0n) is 13.7. The van der Waals surface area contributed by atoms with Gasteiger partial charge in [0.05, 0.1) is 5.60 Å². The van der Waals surface area contributed by atoms with E-state index in [0.29, 0.717) is 5.92 Å². The Morgan fingerprint density at radius 2 is 2.00 bits per heavy atom. The fourth-order valence-corrected chi connectivity index (χ4v) is 2.43. The maximum atomic E-state index is 10.1. The molecular weight excluding hydrogens is 264 g/mol. The Morgan fingerprint density at radius 1 is 1.33 bits per heavy atom. The molecule has 21 heavy (non-hydrogen) atoms. The predicted octanol–water partition coefficient (Wildman–Crippen LogP) is 2.77. The zero-order valence-corrected chi connectivity index (χ0v) is 13.7. The van der Waals surface area contributed by atoms with Crippen LogP contribution in [0.15, 0.2) is 6.07 Å². The van der Waals surface area contributed by atoms with E-state index in [1.54, 1.807) is 0 Å². The fraction of sp³-hybridized carbons (Fsp3) is 0.750. The van der Waals surface area contributed by atoms with Crippen LogP contribution in [-0.2, 0) is 0 Å². The summed E-state index contributed by atoms with van der Waals surface area (Å²) in [5.74, 6) is 3.06. The molecule has 1 aliphatic heterocycles. The van der Waals surface area contributed by atoms with E-state index >= 15 is 0 Å². The molecule has 0 amide bonds. The maximum absolute atomic E-state index is 10.1. The number of nitrogens with zero attached hydrogens (tertiary/aromatic N) is 3. The Labute approximate surface area is 127 Å². The van der Waals surface area contributed by atoms with Crippen LogP contribution in [0.3, 0.4) is 0 Å². The predicted molar refractivity (Wildman–Crippen MR) is 87.0 cm³/mol. The summed E-state index contributed by atoms with van der Waals surface area (Å²) >= 11 is 0. The molecule has 1 aromatic heterocycles. The summed E-state index contributed by atoms with van der Waals surface area (Å²) in [4.78, 5) is 11.6. The standard InChI is InChI=1S/C16H28N4O/c1-5-8-17-13-11-14(19-15(18-13)12(2)3)20-9-6-16(4,21)7-10-20/h11-12,21H,5-10H2,1-4H3,(H,17,18,19). The number of aromatic nitrogens is 2. The van der Waals surface area contributed by atoms with Crippen molar-refractivity contribution < 1.29 is 5.11 Å². The molecule has 0 atom stereocenters. The first-order valence-electron chi connectivity index (χ1n) is 8.01. The molecule has 118 valence electrons. The van der Waals surface area contributed by atoms with Crippen LogP contribution in [0.4, 0.5) is 11.6 Å². The van der Waals surface area contributed by atoms with Crippen LogP contribution in [0.1, 0.15) is 58.7 Å². The molecule has 5 heteroatoms. The lowest BCUT2D eigenvalue weighted by Gasteiger charge is -2.36. The van der Waals surface area contributed by atoms with E-state index in [0.717, 1.165) is 56.4 Å². The first-order valence-corrected chi connectivity index (χ1v) is 8.01. The number of hydrogen-bond donors (Lipinski definition) is 2. The second-order valence-corrected chi connectivity index (χ2v) is 6.54. The monoisotopic (exact) mass is 292 g/mol. The van der Waals surface area contributed by atoms with Gasteiger partial charge in [0, 0.05) is 31.6 Å². The topological polar surface area (TPSA) is 61.3 Å². The zero-order chi connectivity index (χ0) is 15.5. The number of hydrogen-bond acceptors (Lipinski definition) is 5. The largest absolute Gasteiger partial charge is 0.390 e. The van der Waals surface area contributed by atoms with Crippen molar-refractivity contribution in [2.45, 2.75) is 58.5 Å². The van der Waals surface area contributed by atoms with Gasteiger partial charge < -0.3 is 15.3 Å². The van der Waals surface area contributed by atoms with E-state index < -0.39 is 5.60 Å². The average molecular weight is 292 g/mol. The molecule has 0 radical (unpaired) electrons. The number of nitrogens with one attached hydrogen (secondary N) is 1. The minimum Gasteiger partial charge on any atom is -0.390 e. The van der Waals surface area contributed by atoms with Crippen LogP contribution in [-0.4, -0.2) is 40.3 Å². The molecule has 0 spiro atoms. The van der Waals surface area contributed by atoms with Gasteiger partial charge in [0.25, 0.3) is 0 Å². The summed E-state index contributed by atoms with van der Waals surface area (Å²) in [6.45, 7) is 10.9. The maximum Gasteiger partial charge on any atom is 0.135 e. The van der Waals surface area contributed by atoms with E-state index in [1.807, 2.05) is 13.0 Å². The van der Waals surface area contributed by atoms with Gasteiger partial charge in [0.1, 0.15) is 17.5 Å². The first kappa shape index (κ1) is 16.0. The molecule has 0 unspecified atom stereocenters. The Hall–Kier alpha value is -1.36. The minimum absolute atomic E-state index is 0.306. The van der Waals surface area contributed by atoms with Gasteiger partial charge in [-0.1, -0.05) is 20.8 Å². The first-order chi connectivity index (χ1) is 9.91. The Bertz CT molecular complexity index is 463. The van der Waals surface area contributed by atoms with Crippen LogP contribution >= 0.6 is 0 Å². The van der Waals surface area contributed by atoms with Crippen molar-refractivity contribution in [2.75, 3.05) is 29.9 Å². The van der Waals surface area contributed by atoms with Gasteiger partial charge in [0.2, 0.25) is 0 Å². The third kappa shape index (κ3) is 4.30. The molecule has 1 aliphatic rings. The highest BCUT2D eigenvalue weighted by Crippen LogP contribution is 2.27. The lowest BCUT2D eigenvalue weighted by Crippen LogP contribution is -2.42. The average Bonchev–Trinajstić information content (AvgIpc) is 2.44. The molecule has 0 aliphatic carbocycles. The Morgan fingerprint density at radius 3 is 2.57 bits per heavy atom. The van der Waals surface area contributed by atoms with Crippen LogP contribution < -0.4 is 10.2 Å². The molecule has 1 aromatic rings. The molecule has 0 saturated carbocycles. The van der Waals surface area contributed by atoms with Gasteiger partial charge in [-0.3, -0.25) is 0 Å². The van der Waals surface area contributed by atoms with Crippen LogP contribution in [0.25, 0.3) is 0 Å². The van der Waals surface area contributed by atoms with Crippen LogP contribution in [0, 0.1) is 0 Å². The van der Waals surface area contributed by atoms with E-state index in [4.69, 9.17) is 4.98 Å². The lowest BCUT2D eigenvalue weighted by molar-refractivity contribution is 0.0350. The molecular formula is C16H28N4O. The van der Waals surface area contributed by atoms with Gasteiger partial charge in [-0.15, -0.1) is 0 Å². The molecule has 2 N–H and O–H groups in total. The minimum atomic E-state index is -0.534. The van der Waals surface area contributed by atoms with Gasteiger partial charge >= 0.3 is 0 Å². The highest BCUT2D eigenvalue weighted by molar-refractivity contribution is 5.50. The molecule has 2 rings (SSSR count). The summed E-state index contributed by atoms with van der Waals surface area (Å²) in [5.41, 5.74) is -0.534. The summed E-state index contributed by atoms with van der Waals surface area (Å²) in [6, 6.07) is 2.03. The molecule has 2 heterocycles. The van der Waals surface area contributed by atoms with Crippen molar-refractivity contribution in [2.24, 2.45) is 0 Å². The van der Waals surface area contributed by atoms with Crippen molar-refractivity contribution in [3.63, 3.8) is 0 Å². The van der Waals surface area contributed by atoms with Crippen molar-refractivity contribution in [3.8, 4) is 0 Å². The van der Waals surface area contributed by atoms with E-state index in [9.17, 15) is 5.11 Å². The number of aliphatic hydroxyl groups is 1. The molecule has 1 fully saturated rings. The van der Waals surface area contributed by atoms with E-state index in [1.165, 1.54) is 0 Å². The van der Waals surface area contributed by atoms with Crippen molar-refractivity contribution in [1.29, 1.82) is 0 Å². The normalized spacial score (nSPS) is 18.1. The highest BCUT2D eigenvalue weighted by atomic mass is 16.3. The van der Waals surface area contributed by atoms with E-state index in [2.05, 4.69) is 36.0 Å². The number of anilines is 2. The van der Waals surface area contributed by atoms with Crippen molar-refractivity contribution in [1.82, 2.24) is 9.97 Å². The van der Waals surface area contributed by atoms with Gasteiger partial charge in [-0.05, 0) is 26.2 Å². The second-order valence-electron chi connectivity index (χ2n) is 6.54.